The molecule has 0 aromatic carbocycles. The second-order valence-electron chi connectivity index (χ2n) is 7.64. The van der Waals surface area contributed by atoms with Gasteiger partial charge in [0.2, 0.25) is 5.95 Å². The number of hydrogen-bond donors (Lipinski definition) is 2. The highest BCUT2D eigenvalue weighted by atomic mass is 16.2. The topological polar surface area (TPSA) is 90.0 Å². The van der Waals surface area contributed by atoms with Gasteiger partial charge in [0.05, 0.1) is 17.9 Å². The molecule has 1 saturated heterocycles. The van der Waals surface area contributed by atoms with E-state index in [9.17, 15) is 4.79 Å². The second-order valence-corrected chi connectivity index (χ2v) is 7.64. The van der Waals surface area contributed by atoms with E-state index in [1.807, 2.05) is 13.1 Å². The summed E-state index contributed by atoms with van der Waals surface area (Å²) in [6.45, 7) is 3.06. The van der Waals surface area contributed by atoms with Gasteiger partial charge in [-0.15, -0.1) is 0 Å². The molecule has 0 radical (unpaired) electrons. The first-order valence-electron chi connectivity index (χ1n) is 9.74. The lowest BCUT2D eigenvalue weighted by Crippen LogP contribution is -2.44. The number of H-pyrrole nitrogens is 1. The molecule has 4 rings (SSSR count). The number of nitrogens with zero attached hydrogens (tertiary/aromatic N) is 5. The molecule has 2 amide bonds. The van der Waals surface area contributed by atoms with Crippen molar-refractivity contribution in [1.29, 1.82) is 0 Å². The quantitative estimate of drug-likeness (QED) is 0.814. The molecule has 1 aliphatic heterocycles. The van der Waals surface area contributed by atoms with Crippen molar-refractivity contribution in [2.24, 2.45) is 5.92 Å². The molecule has 2 aromatic rings. The van der Waals surface area contributed by atoms with E-state index in [-0.39, 0.29) is 6.03 Å². The maximum atomic E-state index is 12.4. The van der Waals surface area contributed by atoms with Crippen molar-refractivity contribution >= 4 is 12.0 Å². The molecular weight excluding hydrogens is 342 g/mol. The summed E-state index contributed by atoms with van der Waals surface area (Å²) in [5.74, 6) is 1.81. The summed E-state index contributed by atoms with van der Waals surface area (Å²) < 4.78 is 0. The minimum atomic E-state index is -0.0503. The lowest BCUT2D eigenvalue weighted by Gasteiger charge is -2.33. The number of anilines is 1. The molecule has 1 atom stereocenters. The van der Waals surface area contributed by atoms with Crippen molar-refractivity contribution in [2.45, 2.75) is 38.1 Å². The van der Waals surface area contributed by atoms with Gasteiger partial charge in [0.1, 0.15) is 0 Å². The van der Waals surface area contributed by atoms with Crippen molar-refractivity contribution in [3.05, 3.63) is 35.9 Å². The van der Waals surface area contributed by atoms with Crippen LogP contribution >= 0.6 is 0 Å². The Bertz CT molecular complexity index is 758. The predicted molar refractivity (Wildman–Crippen MR) is 102 cm³/mol. The molecular formula is C19H27N7O. The third-order valence-corrected chi connectivity index (χ3v) is 5.30. The van der Waals surface area contributed by atoms with Crippen molar-refractivity contribution in [2.75, 3.05) is 31.6 Å². The molecule has 27 heavy (non-hydrogen) atoms. The van der Waals surface area contributed by atoms with Gasteiger partial charge >= 0.3 is 6.03 Å². The summed E-state index contributed by atoms with van der Waals surface area (Å²) in [6.07, 6.45) is 8.20. The average molecular weight is 369 g/mol. The summed E-state index contributed by atoms with van der Waals surface area (Å²) >= 11 is 0. The van der Waals surface area contributed by atoms with Crippen LogP contribution in [0, 0.1) is 5.92 Å². The van der Waals surface area contributed by atoms with E-state index in [0.29, 0.717) is 24.9 Å². The fourth-order valence-corrected chi connectivity index (χ4v) is 3.61. The summed E-state index contributed by atoms with van der Waals surface area (Å²) in [7, 11) is 1.82. The first-order valence-corrected chi connectivity index (χ1v) is 9.74. The van der Waals surface area contributed by atoms with Gasteiger partial charge in [0.25, 0.3) is 0 Å². The van der Waals surface area contributed by atoms with E-state index in [4.69, 9.17) is 0 Å². The molecule has 0 spiro atoms. The molecule has 1 aliphatic carbocycles. The summed E-state index contributed by atoms with van der Waals surface area (Å²) in [4.78, 5) is 25.0. The molecule has 0 bridgehead atoms. The summed E-state index contributed by atoms with van der Waals surface area (Å²) in [6, 6.07) is 3.86. The number of amides is 2. The van der Waals surface area contributed by atoms with Crippen molar-refractivity contribution in [1.82, 2.24) is 30.4 Å². The Morgan fingerprint density at radius 3 is 2.93 bits per heavy atom. The highest BCUT2D eigenvalue weighted by Crippen LogP contribution is 2.39. The van der Waals surface area contributed by atoms with Crippen LogP contribution in [-0.4, -0.2) is 57.8 Å². The van der Waals surface area contributed by atoms with Crippen LogP contribution in [0.4, 0.5) is 10.7 Å². The third kappa shape index (κ3) is 4.56. The number of carbonyl (C=O) groups is 1. The number of nitrogens with one attached hydrogen (secondary N) is 2. The summed E-state index contributed by atoms with van der Waals surface area (Å²) in [5.41, 5.74) is 2.11. The molecule has 8 nitrogen and oxygen atoms in total. The summed E-state index contributed by atoms with van der Waals surface area (Å²) in [5, 5.41) is 10.5. The second kappa shape index (κ2) is 7.94. The van der Waals surface area contributed by atoms with E-state index in [1.165, 1.54) is 12.8 Å². The zero-order chi connectivity index (χ0) is 18.6. The van der Waals surface area contributed by atoms with E-state index >= 15 is 0 Å². The Morgan fingerprint density at radius 2 is 2.15 bits per heavy atom. The standard InChI is InChI=1S/C19H27N7O/c1-25(13-16-10-17(24-23-16)15-5-6-15)19(27)22-11-14-4-2-9-26(12-14)18-20-7-3-8-21-18/h3,7-8,10,14-15H,2,4-6,9,11-13H2,1H3,(H,22,27)(H,23,24). The Labute approximate surface area is 159 Å². The smallest absolute Gasteiger partial charge is 0.317 e. The molecule has 144 valence electrons. The lowest BCUT2D eigenvalue weighted by atomic mass is 9.98. The lowest BCUT2D eigenvalue weighted by molar-refractivity contribution is 0.203. The Hall–Kier alpha value is -2.64. The Balaban J connectivity index is 1.24. The molecule has 2 N–H and O–H groups in total. The molecule has 1 unspecified atom stereocenters. The fourth-order valence-electron chi connectivity index (χ4n) is 3.61. The first kappa shape index (κ1) is 17.8. The van der Waals surface area contributed by atoms with Crippen molar-refractivity contribution < 1.29 is 4.79 Å². The highest BCUT2D eigenvalue weighted by Gasteiger charge is 2.26. The van der Waals surface area contributed by atoms with Crippen LogP contribution in [-0.2, 0) is 6.54 Å². The third-order valence-electron chi connectivity index (χ3n) is 5.30. The SMILES string of the molecule is CN(Cc1cc(C2CC2)n[nH]1)C(=O)NCC1CCCN(c2ncccn2)C1. The van der Waals surface area contributed by atoms with Crippen LogP contribution < -0.4 is 10.2 Å². The number of rotatable bonds is 6. The van der Waals surface area contributed by atoms with Gasteiger partial charge in [-0.3, -0.25) is 5.10 Å². The van der Waals surface area contributed by atoms with E-state index in [1.54, 1.807) is 17.3 Å². The number of aromatic nitrogens is 4. The molecule has 2 fully saturated rings. The van der Waals surface area contributed by atoms with Gasteiger partial charge < -0.3 is 15.1 Å². The number of hydrogen-bond acceptors (Lipinski definition) is 5. The van der Waals surface area contributed by atoms with Crippen LogP contribution in [0.2, 0.25) is 0 Å². The number of carbonyl (C=O) groups excluding carboxylic acids is 1. The number of aromatic amines is 1. The zero-order valence-electron chi connectivity index (χ0n) is 15.8. The molecule has 3 heterocycles. The van der Waals surface area contributed by atoms with Gasteiger partial charge in [-0.2, -0.15) is 5.10 Å². The van der Waals surface area contributed by atoms with E-state index in [0.717, 1.165) is 43.3 Å². The van der Waals surface area contributed by atoms with Crippen LogP contribution in [0.15, 0.2) is 24.5 Å². The monoisotopic (exact) mass is 369 g/mol. The maximum Gasteiger partial charge on any atom is 0.317 e. The van der Waals surface area contributed by atoms with Gasteiger partial charge in [0.15, 0.2) is 0 Å². The molecule has 1 saturated carbocycles. The fraction of sp³-hybridized carbons (Fsp3) is 0.579. The number of piperidine rings is 1. The predicted octanol–water partition coefficient (Wildman–Crippen LogP) is 2.14. The van der Waals surface area contributed by atoms with E-state index < -0.39 is 0 Å². The zero-order valence-corrected chi connectivity index (χ0v) is 15.8. The van der Waals surface area contributed by atoms with Crippen molar-refractivity contribution in [3.63, 3.8) is 0 Å². The molecule has 8 heteroatoms. The number of urea groups is 1. The Morgan fingerprint density at radius 1 is 1.33 bits per heavy atom. The van der Waals surface area contributed by atoms with Crippen LogP contribution in [0.25, 0.3) is 0 Å². The van der Waals surface area contributed by atoms with Crippen LogP contribution in [0.1, 0.15) is 43.0 Å². The van der Waals surface area contributed by atoms with Crippen molar-refractivity contribution in [3.8, 4) is 0 Å². The minimum Gasteiger partial charge on any atom is -0.340 e. The molecule has 2 aromatic heterocycles. The van der Waals surface area contributed by atoms with E-state index in [2.05, 4.69) is 36.4 Å². The van der Waals surface area contributed by atoms with Gasteiger partial charge in [-0.05, 0) is 43.7 Å². The first-order chi connectivity index (χ1) is 13.2. The van der Waals surface area contributed by atoms with Crippen LogP contribution in [0.3, 0.4) is 0 Å². The molecule has 2 aliphatic rings. The van der Waals surface area contributed by atoms with Crippen LogP contribution in [0.5, 0.6) is 0 Å². The van der Waals surface area contributed by atoms with Gasteiger partial charge in [-0.1, -0.05) is 0 Å². The normalized spacial score (nSPS) is 19.7. The average Bonchev–Trinajstić information content (AvgIpc) is 3.46. The maximum absolute atomic E-state index is 12.4. The highest BCUT2D eigenvalue weighted by molar-refractivity contribution is 5.73. The van der Waals surface area contributed by atoms with Gasteiger partial charge in [-0.25, -0.2) is 14.8 Å². The largest absolute Gasteiger partial charge is 0.340 e. The van der Waals surface area contributed by atoms with Gasteiger partial charge in [0, 0.05) is 45.0 Å². The minimum absolute atomic E-state index is 0.0503. The Kier molecular flexibility index (Phi) is 5.22.